The Hall–Kier alpha value is -1.79. The van der Waals surface area contributed by atoms with Crippen LogP contribution in [0.15, 0.2) is 12.3 Å². The molecular formula is C12H13F3N2O2. The average Bonchev–Trinajstić information content (AvgIpc) is 3.10. The van der Waals surface area contributed by atoms with E-state index in [0.717, 1.165) is 12.3 Å². The predicted octanol–water partition coefficient (Wildman–Crippen LogP) is 2.34. The van der Waals surface area contributed by atoms with Gasteiger partial charge in [-0.1, -0.05) is 0 Å². The summed E-state index contributed by atoms with van der Waals surface area (Å²) < 4.78 is 44.0. The van der Waals surface area contributed by atoms with Crippen LogP contribution in [-0.4, -0.2) is 36.0 Å². The number of rotatable bonds is 3. The Kier molecular flexibility index (Phi) is 3.38. The summed E-state index contributed by atoms with van der Waals surface area (Å²) in [6.45, 7) is 0. The molecule has 0 saturated heterocycles. The monoisotopic (exact) mass is 274 g/mol. The molecule has 0 spiro atoms. The van der Waals surface area contributed by atoms with Crippen molar-refractivity contribution in [3.63, 3.8) is 0 Å². The molecule has 2 rings (SSSR count). The molecule has 1 saturated carbocycles. The predicted molar refractivity (Wildman–Crippen MR) is 60.9 cm³/mol. The first-order valence-corrected chi connectivity index (χ1v) is 5.75. The van der Waals surface area contributed by atoms with Crippen molar-refractivity contribution in [2.75, 3.05) is 14.1 Å². The number of carbonyl (C=O) groups is 1. The number of aromatic nitrogens is 1. The third kappa shape index (κ3) is 2.97. The molecule has 4 nitrogen and oxygen atoms in total. The van der Waals surface area contributed by atoms with Crippen molar-refractivity contribution in [3.8, 4) is 5.75 Å². The van der Waals surface area contributed by atoms with Crippen LogP contribution in [0.2, 0.25) is 0 Å². The molecule has 1 aromatic rings. The zero-order valence-electron chi connectivity index (χ0n) is 10.5. The molecule has 0 aromatic carbocycles. The highest BCUT2D eigenvalue weighted by molar-refractivity contribution is 5.95. The van der Waals surface area contributed by atoms with Crippen molar-refractivity contribution >= 4 is 5.91 Å². The lowest BCUT2D eigenvalue weighted by Crippen LogP contribution is -2.25. The van der Waals surface area contributed by atoms with Crippen LogP contribution in [0, 0.1) is 0 Å². The van der Waals surface area contributed by atoms with Gasteiger partial charge in [-0.15, -0.1) is 0 Å². The molecule has 1 fully saturated rings. The van der Waals surface area contributed by atoms with E-state index in [1.165, 1.54) is 19.0 Å². The molecule has 0 atom stereocenters. The van der Waals surface area contributed by atoms with Crippen molar-refractivity contribution in [2.24, 2.45) is 0 Å². The molecule has 19 heavy (non-hydrogen) atoms. The Balaban J connectivity index is 2.49. The van der Waals surface area contributed by atoms with Crippen LogP contribution >= 0.6 is 0 Å². The van der Waals surface area contributed by atoms with Crippen LogP contribution in [0.3, 0.4) is 0 Å². The topological polar surface area (TPSA) is 42.4 Å². The van der Waals surface area contributed by atoms with Gasteiger partial charge < -0.3 is 9.64 Å². The molecule has 104 valence electrons. The summed E-state index contributed by atoms with van der Waals surface area (Å²) >= 11 is 0. The molecule has 1 aromatic heterocycles. The minimum absolute atomic E-state index is 0.251. The minimum Gasteiger partial charge on any atom is -0.487 e. The molecule has 1 amide bonds. The number of nitrogens with zero attached hydrogens (tertiary/aromatic N) is 2. The van der Waals surface area contributed by atoms with E-state index >= 15 is 0 Å². The highest BCUT2D eigenvalue weighted by Gasteiger charge is 2.39. The largest absolute Gasteiger partial charge is 0.487 e. The van der Waals surface area contributed by atoms with Crippen molar-refractivity contribution in [3.05, 3.63) is 23.5 Å². The molecular weight excluding hydrogens is 261 g/mol. The fourth-order valence-corrected chi connectivity index (χ4v) is 1.51. The summed E-state index contributed by atoms with van der Waals surface area (Å²) in [4.78, 5) is 16.8. The number of halogens is 3. The van der Waals surface area contributed by atoms with Gasteiger partial charge in [-0.05, 0) is 18.9 Å². The maximum atomic E-state index is 12.9. The zero-order chi connectivity index (χ0) is 14.2. The van der Waals surface area contributed by atoms with Gasteiger partial charge >= 0.3 is 6.18 Å². The number of pyridine rings is 1. The normalized spacial score (nSPS) is 15.2. The van der Waals surface area contributed by atoms with Crippen molar-refractivity contribution in [1.82, 2.24) is 9.88 Å². The second-order valence-corrected chi connectivity index (χ2v) is 4.55. The molecule has 7 heteroatoms. The first-order valence-electron chi connectivity index (χ1n) is 5.75. The molecule has 1 aliphatic carbocycles. The summed E-state index contributed by atoms with van der Waals surface area (Å²) in [5.74, 6) is -1.07. The van der Waals surface area contributed by atoms with Crippen molar-refractivity contribution < 1.29 is 22.7 Å². The lowest BCUT2D eigenvalue weighted by Gasteiger charge is -2.18. The Bertz CT molecular complexity index is 496. The molecule has 1 heterocycles. The maximum absolute atomic E-state index is 12.9. The molecule has 0 aliphatic heterocycles. The first-order chi connectivity index (χ1) is 8.80. The summed E-state index contributed by atoms with van der Waals surface area (Å²) in [5.41, 5.74) is -1.26. The van der Waals surface area contributed by atoms with E-state index in [2.05, 4.69) is 4.98 Å². The number of amides is 1. The van der Waals surface area contributed by atoms with Gasteiger partial charge in [0, 0.05) is 20.3 Å². The van der Waals surface area contributed by atoms with Crippen LogP contribution in [0.1, 0.15) is 28.9 Å². The van der Waals surface area contributed by atoms with Crippen LogP contribution in [-0.2, 0) is 6.18 Å². The van der Waals surface area contributed by atoms with Gasteiger partial charge in [0.25, 0.3) is 5.91 Å². The van der Waals surface area contributed by atoms with E-state index in [9.17, 15) is 18.0 Å². The highest BCUT2D eigenvalue weighted by atomic mass is 19.4. The summed E-state index contributed by atoms with van der Waals surface area (Å²) in [5, 5.41) is 0. The Morgan fingerprint density at radius 2 is 2.05 bits per heavy atom. The van der Waals surface area contributed by atoms with Gasteiger partial charge in [-0.3, -0.25) is 4.79 Å². The number of carbonyl (C=O) groups excluding carboxylic acids is 1. The fourth-order valence-electron chi connectivity index (χ4n) is 1.51. The van der Waals surface area contributed by atoms with Crippen LogP contribution < -0.4 is 4.74 Å². The van der Waals surface area contributed by atoms with Gasteiger partial charge in [0.1, 0.15) is 5.56 Å². The molecule has 0 bridgehead atoms. The third-order valence-electron chi connectivity index (χ3n) is 2.63. The van der Waals surface area contributed by atoms with E-state index < -0.39 is 23.4 Å². The third-order valence-corrected chi connectivity index (χ3v) is 2.63. The van der Waals surface area contributed by atoms with Crippen LogP contribution in [0.4, 0.5) is 13.2 Å². The Labute approximate surface area is 108 Å². The lowest BCUT2D eigenvalue weighted by atomic mass is 10.1. The molecule has 0 radical (unpaired) electrons. The number of alkyl halides is 3. The Morgan fingerprint density at radius 1 is 1.42 bits per heavy atom. The van der Waals surface area contributed by atoms with Gasteiger partial charge in [0.15, 0.2) is 11.4 Å². The quantitative estimate of drug-likeness (QED) is 0.849. The molecule has 0 unspecified atom stereocenters. The van der Waals surface area contributed by atoms with Gasteiger partial charge in [-0.2, -0.15) is 13.2 Å². The number of ether oxygens (including phenoxy) is 1. The number of hydrogen-bond acceptors (Lipinski definition) is 3. The Morgan fingerprint density at radius 3 is 2.53 bits per heavy atom. The van der Waals surface area contributed by atoms with Crippen LogP contribution in [0.25, 0.3) is 0 Å². The summed E-state index contributed by atoms with van der Waals surface area (Å²) in [7, 11) is 2.90. The standard InChI is InChI=1S/C12H13F3N2O2/c1-17(2)11(18)9-10(19-7-3-4-7)8(5-6-16-9)12(13,14)15/h5-7H,3-4H2,1-2H3. The highest BCUT2D eigenvalue weighted by Crippen LogP contribution is 2.40. The summed E-state index contributed by atoms with van der Waals surface area (Å²) in [6, 6.07) is 0.824. The minimum atomic E-state index is -4.57. The average molecular weight is 274 g/mol. The first kappa shape index (κ1) is 13.6. The SMILES string of the molecule is CN(C)C(=O)c1nccc(C(F)(F)F)c1OC1CC1. The van der Waals surface area contributed by atoms with E-state index in [1.807, 2.05) is 0 Å². The van der Waals surface area contributed by atoms with Gasteiger partial charge in [-0.25, -0.2) is 4.98 Å². The smallest absolute Gasteiger partial charge is 0.420 e. The van der Waals surface area contributed by atoms with Gasteiger partial charge in [0.05, 0.1) is 6.10 Å². The molecule has 0 N–H and O–H groups in total. The molecule has 1 aliphatic rings. The number of hydrogen-bond donors (Lipinski definition) is 0. The van der Waals surface area contributed by atoms with Crippen molar-refractivity contribution in [1.29, 1.82) is 0 Å². The van der Waals surface area contributed by atoms with Gasteiger partial charge in [0.2, 0.25) is 0 Å². The second-order valence-electron chi connectivity index (χ2n) is 4.55. The maximum Gasteiger partial charge on any atom is 0.420 e. The van der Waals surface area contributed by atoms with Crippen LogP contribution in [0.5, 0.6) is 5.75 Å². The zero-order valence-corrected chi connectivity index (χ0v) is 10.5. The van der Waals surface area contributed by atoms with Crippen molar-refractivity contribution in [2.45, 2.75) is 25.1 Å². The van der Waals surface area contributed by atoms with E-state index in [4.69, 9.17) is 4.74 Å². The van der Waals surface area contributed by atoms with E-state index in [1.54, 1.807) is 0 Å². The second kappa shape index (κ2) is 4.71. The van der Waals surface area contributed by atoms with E-state index in [0.29, 0.717) is 12.8 Å². The fraction of sp³-hybridized carbons (Fsp3) is 0.500. The summed E-state index contributed by atoms with van der Waals surface area (Å²) in [6.07, 6.45) is -2.46. The lowest BCUT2D eigenvalue weighted by molar-refractivity contribution is -0.139. The van der Waals surface area contributed by atoms with E-state index in [-0.39, 0.29) is 11.8 Å².